The molecule has 0 aliphatic rings. The Bertz CT molecular complexity index is 74.9. The number of carbonyl (C=O) groups excluding carboxylic acids is 1. The molecule has 0 atom stereocenters. The highest BCUT2D eigenvalue weighted by Gasteiger charge is 1.90. The van der Waals surface area contributed by atoms with Crippen LogP contribution < -0.4 is 16.7 Å². The normalized spacial score (nSPS) is 8.25. The Morgan fingerprint density at radius 2 is 2.50 bits per heavy atom. The van der Waals surface area contributed by atoms with Gasteiger partial charge in [0.15, 0.2) is 0 Å². The summed E-state index contributed by atoms with van der Waals surface area (Å²) < 4.78 is 0. The van der Waals surface area contributed by atoms with Crippen LogP contribution in [0.4, 0.5) is 4.79 Å². The molecule has 0 saturated heterocycles. The Balaban J connectivity index is 2.99. The minimum atomic E-state index is -0.549. The first-order chi connectivity index (χ1) is 3.81. The number of rotatable bonds is 2. The van der Waals surface area contributed by atoms with Crippen LogP contribution >= 0.6 is 0 Å². The van der Waals surface area contributed by atoms with Crippen molar-refractivity contribution in [2.45, 2.75) is 6.92 Å². The Hall–Kier alpha value is -0.810. The fourth-order valence-corrected chi connectivity index (χ4v) is 0.167. The zero-order chi connectivity index (χ0) is 6.41. The first kappa shape index (κ1) is 7.19. The molecule has 0 radical (unpaired) electrons. The first-order valence-corrected chi connectivity index (χ1v) is 2.19. The summed E-state index contributed by atoms with van der Waals surface area (Å²) in [6.45, 7) is 2.17. The fraction of sp³-hybridized carbons (Fsp3) is 0.667. The van der Waals surface area contributed by atoms with Crippen LogP contribution in [0.5, 0.6) is 0 Å². The van der Waals surface area contributed by atoms with Gasteiger partial charge in [0.2, 0.25) is 0 Å². The van der Waals surface area contributed by atoms with E-state index in [0.29, 0.717) is 6.61 Å². The lowest BCUT2D eigenvalue weighted by molar-refractivity contribution is 0.0707. The molecule has 0 rings (SSSR count). The van der Waals surface area contributed by atoms with Gasteiger partial charge < -0.3 is 0 Å². The summed E-state index contributed by atoms with van der Waals surface area (Å²) in [6, 6.07) is -0.549. The Morgan fingerprint density at radius 3 is 2.88 bits per heavy atom. The van der Waals surface area contributed by atoms with E-state index in [9.17, 15) is 4.79 Å². The summed E-state index contributed by atoms with van der Waals surface area (Å²) in [4.78, 5) is 14.5. The standard InChI is InChI=1S/C3H9N3O2/c1-2-8-6-3(7)5-4/h2,4H2,1H3,(H2,5,6,7). The van der Waals surface area contributed by atoms with Gasteiger partial charge in [-0.05, 0) is 6.92 Å². The van der Waals surface area contributed by atoms with Gasteiger partial charge in [-0.25, -0.2) is 16.1 Å². The molecule has 0 heterocycles. The van der Waals surface area contributed by atoms with Crippen molar-refractivity contribution in [1.29, 1.82) is 0 Å². The van der Waals surface area contributed by atoms with Gasteiger partial charge in [0.25, 0.3) is 0 Å². The van der Waals surface area contributed by atoms with Crippen LogP contribution in [0.15, 0.2) is 0 Å². The van der Waals surface area contributed by atoms with Crippen molar-refractivity contribution < 1.29 is 9.63 Å². The number of carbonyl (C=O) groups is 1. The van der Waals surface area contributed by atoms with Crippen molar-refractivity contribution in [3.8, 4) is 0 Å². The lowest BCUT2D eigenvalue weighted by Gasteiger charge is -1.99. The average molecular weight is 119 g/mol. The molecule has 0 unspecified atom stereocenters. The van der Waals surface area contributed by atoms with Gasteiger partial charge >= 0.3 is 6.03 Å². The maximum Gasteiger partial charge on any atom is 0.352 e. The molecule has 0 aliphatic heterocycles. The molecule has 4 N–H and O–H groups in total. The monoisotopic (exact) mass is 119 g/mol. The van der Waals surface area contributed by atoms with Gasteiger partial charge in [-0.2, -0.15) is 0 Å². The summed E-state index contributed by atoms with van der Waals surface area (Å²) in [6.07, 6.45) is 0. The average Bonchev–Trinajstić information content (AvgIpc) is 1.83. The zero-order valence-corrected chi connectivity index (χ0v) is 4.60. The number of hydrazine groups is 1. The summed E-state index contributed by atoms with van der Waals surface area (Å²) in [5.74, 6) is 4.67. The molecular weight excluding hydrogens is 110 g/mol. The lowest BCUT2D eigenvalue weighted by Crippen LogP contribution is -2.39. The molecule has 2 amide bonds. The summed E-state index contributed by atoms with van der Waals surface area (Å²) in [7, 11) is 0. The van der Waals surface area contributed by atoms with E-state index in [1.165, 1.54) is 0 Å². The van der Waals surface area contributed by atoms with E-state index < -0.39 is 6.03 Å². The second-order valence-corrected chi connectivity index (χ2v) is 1.01. The minimum absolute atomic E-state index is 0.424. The molecule has 0 spiro atoms. The maximum atomic E-state index is 10.1. The van der Waals surface area contributed by atoms with Crippen LogP contribution in [0, 0.1) is 0 Å². The van der Waals surface area contributed by atoms with Crippen molar-refractivity contribution in [1.82, 2.24) is 10.9 Å². The van der Waals surface area contributed by atoms with E-state index in [4.69, 9.17) is 0 Å². The van der Waals surface area contributed by atoms with Crippen molar-refractivity contribution in [3.63, 3.8) is 0 Å². The highest BCUT2D eigenvalue weighted by atomic mass is 16.7. The number of hydrogen-bond donors (Lipinski definition) is 3. The highest BCUT2D eigenvalue weighted by Crippen LogP contribution is 1.62. The van der Waals surface area contributed by atoms with Crippen molar-refractivity contribution in [3.05, 3.63) is 0 Å². The van der Waals surface area contributed by atoms with Crippen LogP contribution in [0.25, 0.3) is 0 Å². The Kier molecular flexibility index (Phi) is 3.91. The second kappa shape index (κ2) is 4.35. The second-order valence-electron chi connectivity index (χ2n) is 1.01. The largest absolute Gasteiger partial charge is 0.352 e. The summed E-state index contributed by atoms with van der Waals surface area (Å²) in [5, 5.41) is 0. The van der Waals surface area contributed by atoms with E-state index in [1.54, 1.807) is 6.92 Å². The van der Waals surface area contributed by atoms with Gasteiger partial charge in [-0.3, -0.25) is 10.3 Å². The van der Waals surface area contributed by atoms with E-state index in [1.807, 2.05) is 10.9 Å². The van der Waals surface area contributed by atoms with Crippen molar-refractivity contribution >= 4 is 6.03 Å². The molecular formula is C3H9N3O2. The highest BCUT2D eigenvalue weighted by molar-refractivity contribution is 5.71. The smallest absolute Gasteiger partial charge is 0.274 e. The van der Waals surface area contributed by atoms with Gasteiger partial charge in [0, 0.05) is 0 Å². The van der Waals surface area contributed by atoms with Crippen LogP contribution in [-0.2, 0) is 4.84 Å². The lowest BCUT2D eigenvalue weighted by atomic mass is 10.9. The molecule has 48 valence electrons. The van der Waals surface area contributed by atoms with Gasteiger partial charge in [-0.1, -0.05) is 0 Å². The Labute approximate surface area is 47.1 Å². The quantitative estimate of drug-likeness (QED) is 0.251. The van der Waals surface area contributed by atoms with Crippen LogP contribution in [0.3, 0.4) is 0 Å². The molecule has 0 fully saturated rings. The molecule has 8 heavy (non-hydrogen) atoms. The molecule has 0 aliphatic carbocycles. The zero-order valence-electron chi connectivity index (χ0n) is 4.60. The Morgan fingerprint density at radius 1 is 1.88 bits per heavy atom. The first-order valence-electron chi connectivity index (χ1n) is 2.19. The van der Waals surface area contributed by atoms with E-state index in [0.717, 1.165) is 0 Å². The van der Waals surface area contributed by atoms with Crippen molar-refractivity contribution in [2.24, 2.45) is 5.84 Å². The third-order valence-electron chi connectivity index (χ3n) is 0.440. The molecule has 0 bridgehead atoms. The molecule has 5 heteroatoms. The van der Waals surface area contributed by atoms with Gasteiger partial charge in [0.1, 0.15) is 0 Å². The summed E-state index contributed by atoms with van der Waals surface area (Å²) in [5.41, 5.74) is 3.83. The topological polar surface area (TPSA) is 76.4 Å². The number of amides is 2. The van der Waals surface area contributed by atoms with Gasteiger partial charge in [-0.15, -0.1) is 0 Å². The van der Waals surface area contributed by atoms with Crippen LogP contribution in [0.2, 0.25) is 0 Å². The molecule has 0 saturated carbocycles. The summed E-state index contributed by atoms with van der Waals surface area (Å²) >= 11 is 0. The van der Waals surface area contributed by atoms with E-state index in [-0.39, 0.29) is 0 Å². The minimum Gasteiger partial charge on any atom is -0.274 e. The molecule has 0 aromatic rings. The molecule has 0 aromatic carbocycles. The van der Waals surface area contributed by atoms with Crippen molar-refractivity contribution in [2.75, 3.05) is 6.61 Å². The number of nitrogens with two attached hydrogens (primary N) is 1. The number of hydroxylamine groups is 1. The van der Waals surface area contributed by atoms with Crippen LogP contribution in [-0.4, -0.2) is 12.6 Å². The third kappa shape index (κ3) is 3.38. The SMILES string of the molecule is CCONC(=O)NN. The van der Waals surface area contributed by atoms with E-state index >= 15 is 0 Å². The third-order valence-corrected chi connectivity index (χ3v) is 0.440. The molecule has 5 nitrogen and oxygen atoms in total. The number of nitrogens with one attached hydrogen (secondary N) is 2. The molecule has 0 aromatic heterocycles. The fourth-order valence-electron chi connectivity index (χ4n) is 0.167. The maximum absolute atomic E-state index is 10.1. The number of urea groups is 1. The predicted molar refractivity (Wildman–Crippen MR) is 27.5 cm³/mol. The number of hydrogen-bond acceptors (Lipinski definition) is 3. The predicted octanol–water partition coefficient (Wildman–Crippen LogP) is -0.889. The van der Waals surface area contributed by atoms with Crippen LogP contribution in [0.1, 0.15) is 6.92 Å². The van der Waals surface area contributed by atoms with Gasteiger partial charge in [0.05, 0.1) is 6.61 Å². The van der Waals surface area contributed by atoms with E-state index in [2.05, 4.69) is 10.7 Å².